The average molecular weight is 299 g/mol. The van der Waals surface area contributed by atoms with Gasteiger partial charge in [0.05, 0.1) is 0 Å². The highest BCUT2D eigenvalue weighted by atomic mass is 32.2. The maximum Gasteiger partial charge on any atom is 0.340 e. The molecule has 9 heteroatoms. The molecular formula is C10H13F4N3OS. The van der Waals surface area contributed by atoms with Crippen molar-refractivity contribution in [2.45, 2.75) is 24.4 Å². The van der Waals surface area contributed by atoms with Crippen molar-refractivity contribution in [1.29, 1.82) is 0 Å². The van der Waals surface area contributed by atoms with Crippen LogP contribution in [-0.4, -0.2) is 41.7 Å². The van der Waals surface area contributed by atoms with E-state index in [0.29, 0.717) is 17.5 Å². The van der Waals surface area contributed by atoms with Crippen LogP contribution >= 0.6 is 11.8 Å². The molecule has 0 saturated heterocycles. The van der Waals surface area contributed by atoms with Gasteiger partial charge < -0.3 is 10.1 Å². The van der Waals surface area contributed by atoms with Crippen LogP contribution in [0.3, 0.4) is 0 Å². The number of ether oxygens (including phenoxy) is 1. The number of nitrogens with one attached hydrogen (secondary N) is 1. The van der Waals surface area contributed by atoms with E-state index in [2.05, 4.69) is 20.0 Å². The summed E-state index contributed by atoms with van der Waals surface area (Å²) in [4.78, 5) is 7.85. The molecule has 0 radical (unpaired) electrons. The van der Waals surface area contributed by atoms with Crippen LogP contribution in [-0.2, 0) is 0 Å². The molecule has 19 heavy (non-hydrogen) atoms. The summed E-state index contributed by atoms with van der Waals surface area (Å²) in [5, 5.41) is 3.16. The number of nitrogens with zero attached hydrogens (tertiary/aromatic N) is 2. The zero-order valence-electron chi connectivity index (χ0n) is 10.3. The van der Waals surface area contributed by atoms with Crippen molar-refractivity contribution in [2.24, 2.45) is 0 Å². The lowest BCUT2D eigenvalue weighted by Gasteiger charge is -2.16. The van der Waals surface area contributed by atoms with E-state index in [1.807, 2.05) is 6.92 Å². The molecule has 1 aromatic rings. The lowest BCUT2D eigenvalue weighted by molar-refractivity contribution is -0.148. The molecule has 0 aliphatic heterocycles. The highest BCUT2D eigenvalue weighted by Gasteiger charge is 2.41. The Morgan fingerprint density at radius 3 is 2.63 bits per heavy atom. The zero-order valence-corrected chi connectivity index (χ0v) is 11.1. The topological polar surface area (TPSA) is 47.0 Å². The van der Waals surface area contributed by atoms with Crippen LogP contribution in [0, 0.1) is 0 Å². The van der Waals surface area contributed by atoms with Crippen LogP contribution in [0.25, 0.3) is 0 Å². The molecule has 108 valence electrons. The van der Waals surface area contributed by atoms with Gasteiger partial charge in [0.1, 0.15) is 5.82 Å². The highest BCUT2D eigenvalue weighted by molar-refractivity contribution is 7.98. The fourth-order valence-electron chi connectivity index (χ4n) is 1.07. The molecule has 0 saturated carbocycles. The number of hydrogen-bond donors (Lipinski definition) is 1. The molecule has 0 bridgehead atoms. The standard InChI is InChI=1S/C10H13F4N3OS/c1-3-15-6-4-7(17-9(16-6)19-2)18-5-10(13,14)8(11)12/h4,8H,3,5H2,1-2H3,(H,15,16,17). The summed E-state index contributed by atoms with van der Waals surface area (Å²) in [6, 6.07) is 1.28. The van der Waals surface area contributed by atoms with Crippen molar-refractivity contribution in [3.8, 4) is 5.88 Å². The van der Waals surface area contributed by atoms with Crippen molar-refractivity contribution < 1.29 is 22.3 Å². The minimum atomic E-state index is -4.21. The smallest absolute Gasteiger partial charge is 0.340 e. The summed E-state index contributed by atoms with van der Waals surface area (Å²) < 4.78 is 54.0. The molecule has 0 unspecified atom stereocenters. The number of anilines is 1. The van der Waals surface area contributed by atoms with E-state index in [4.69, 9.17) is 0 Å². The molecule has 1 rings (SSSR count). The molecule has 1 heterocycles. The van der Waals surface area contributed by atoms with Crippen LogP contribution in [0.15, 0.2) is 11.2 Å². The molecule has 0 fully saturated rings. The number of hydrogen-bond acceptors (Lipinski definition) is 5. The van der Waals surface area contributed by atoms with Gasteiger partial charge in [0, 0.05) is 12.6 Å². The van der Waals surface area contributed by atoms with Crippen LogP contribution in [0.5, 0.6) is 5.88 Å². The number of aromatic nitrogens is 2. The zero-order chi connectivity index (χ0) is 14.5. The van der Waals surface area contributed by atoms with Gasteiger partial charge in [-0.3, -0.25) is 0 Å². The Morgan fingerprint density at radius 2 is 2.11 bits per heavy atom. The minimum Gasteiger partial charge on any atom is -0.471 e. The second-order valence-corrected chi connectivity index (χ2v) is 4.23. The predicted octanol–water partition coefficient (Wildman–Crippen LogP) is 2.91. The highest BCUT2D eigenvalue weighted by Crippen LogP contribution is 2.25. The summed E-state index contributed by atoms with van der Waals surface area (Å²) >= 11 is 1.18. The van der Waals surface area contributed by atoms with Gasteiger partial charge in [-0.15, -0.1) is 0 Å². The van der Waals surface area contributed by atoms with E-state index in [0.717, 1.165) is 0 Å². The second-order valence-electron chi connectivity index (χ2n) is 3.46. The van der Waals surface area contributed by atoms with Gasteiger partial charge in [-0.05, 0) is 13.2 Å². The fourth-order valence-corrected chi connectivity index (χ4v) is 1.44. The van der Waals surface area contributed by atoms with Gasteiger partial charge in [-0.1, -0.05) is 11.8 Å². The second kappa shape index (κ2) is 6.78. The van der Waals surface area contributed by atoms with E-state index in [9.17, 15) is 17.6 Å². The van der Waals surface area contributed by atoms with Gasteiger partial charge in [0.15, 0.2) is 11.8 Å². The van der Waals surface area contributed by atoms with Crippen molar-refractivity contribution >= 4 is 17.6 Å². The Bertz CT molecular complexity index is 420. The number of thioether (sulfide) groups is 1. The average Bonchev–Trinajstić information content (AvgIpc) is 2.36. The van der Waals surface area contributed by atoms with E-state index in [1.165, 1.54) is 17.8 Å². The molecule has 0 spiro atoms. The maximum atomic E-state index is 12.7. The first-order valence-corrected chi connectivity index (χ1v) is 6.57. The number of alkyl halides is 4. The molecule has 0 aliphatic rings. The lowest BCUT2D eigenvalue weighted by atomic mass is 10.4. The summed E-state index contributed by atoms with van der Waals surface area (Å²) in [5.74, 6) is -3.99. The normalized spacial score (nSPS) is 11.7. The minimum absolute atomic E-state index is 0.171. The molecule has 0 atom stereocenters. The third-order valence-electron chi connectivity index (χ3n) is 1.95. The first-order chi connectivity index (χ1) is 8.89. The summed E-state index contributed by atoms with van der Waals surface area (Å²) in [6.07, 6.45) is -2.08. The van der Waals surface area contributed by atoms with Crippen molar-refractivity contribution in [3.05, 3.63) is 6.07 Å². The molecule has 4 nitrogen and oxygen atoms in total. The van der Waals surface area contributed by atoms with Crippen molar-refractivity contribution in [2.75, 3.05) is 24.7 Å². The van der Waals surface area contributed by atoms with Gasteiger partial charge in [0.25, 0.3) is 0 Å². The monoisotopic (exact) mass is 299 g/mol. The first-order valence-electron chi connectivity index (χ1n) is 5.34. The van der Waals surface area contributed by atoms with Crippen molar-refractivity contribution in [3.63, 3.8) is 0 Å². The van der Waals surface area contributed by atoms with E-state index < -0.39 is 19.0 Å². The van der Waals surface area contributed by atoms with Crippen LogP contribution in [0.2, 0.25) is 0 Å². The van der Waals surface area contributed by atoms with Crippen molar-refractivity contribution in [1.82, 2.24) is 9.97 Å². The third-order valence-corrected chi connectivity index (χ3v) is 2.50. The Kier molecular flexibility index (Phi) is 5.64. The first kappa shape index (κ1) is 15.8. The Hall–Kier alpha value is -1.25. The fraction of sp³-hybridized carbons (Fsp3) is 0.600. The molecule has 0 amide bonds. The molecule has 0 aliphatic carbocycles. The van der Waals surface area contributed by atoms with Crippen LogP contribution in [0.1, 0.15) is 6.92 Å². The van der Waals surface area contributed by atoms with E-state index in [1.54, 1.807) is 6.26 Å². The quantitative estimate of drug-likeness (QED) is 0.476. The number of halogens is 4. The third kappa shape index (κ3) is 4.73. The molecule has 1 N–H and O–H groups in total. The van der Waals surface area contributed by atoms with E-state index >= 15 is 0 Å². The van der Waals surface area contributed by atoms with Crippen LogP contribution in [0.4, 0.5) is 23.4 Å². The predicted molar refractivity (Wildman–Crippen MR) is 64.4 cm³/mol. The van der Waals surface area contributed by atoms with Crippen LogP contribution < -0.4 is 10.1 Å². The maximum absolute atomic E-state index is 12.7. The van der Waals surface area contributed by atoms with Gasteiger partial charge >= 0.3 is 12.3 Å². The lowest BCUT2D eigenvalue weighted by Crippen LogP contribution is -2.34. The Labute approximate surface area is 112 Å². The summed E-state index contributed by atoms with van der Waals surface area (Å²) in [5.41, 5.74) is 0. The summed E-state index contributed by atoms with van der Waals surface area (Å²) in [6.45, 7) is 0.963. The Balaban J connectivity index is 2.80. The SMILES string of the molecule is CCNc1cc(OCC(F)(F)C(F)F)nc(SC)n1. The van der Waals surface area contributed by atoms with Gasteiger partial charge in [0.2, 0.25) is 5.88 Å². The summed E-state index contributed by atoms with van der Waals surface area (Å²) in [7, 11) is 0. The molecule has 0 aromatic carbocycles. The number of rotatable bonds is 7. The van der Waals surface area contributed by atoms with Gasteiger partial charge in [-0.2, -0.15) is 13.8 Å². The van der Waals surface area contributed by atoms with E-state index in [-0.39, 0.29) is 5.88 Å². The Morgan fingerprint density at radius 1 is 1.42 bits per heavy atom. The molecular weight excluding hydrogens is 286 g/mol. The largest absolute Gasteiger partial charge is 0.471 e. The van der Waals surface area contributed by atoms with Gasteiger partial charge in [-0.25, -0.2) is 13.8 Å². The molecule has 1 aromatic heterocycles.